The van der Waals surface area contributed by atoms with E-state index < -0.39 is 27.0 Å². The van der Waals surface area contributed by atoms with Crippen LogP contribution in [-0.2, 0) is 16.6 Å². The molecule has 7 nitrogen and oxygen atoms in total. The first-order chi connectivity index (χ1) is 16.8. The summed E-state index contributed by atoms with van der Waals surface area (Å²) in [7, 11) is -2.26. The SMILES string of the molecule is COc1cccc(CN2CCC(S(=O)(=O)NNC(=O)c3cc(-c4ccccc4)cc(C)c3F)C2)c1. The van der Waals surface area contributed by atoms with Crippen LogP contribution in [-0.4, -0.2) is 44.7 Å². The van der Waals surface area contributed by atoms with Crippen LogP contribution in [0.3, 0.4) is 0 Å². The number of methoxy groups -OCH3 is 1. The number of hydrazine groups is 1. The quantitative estimate of drug-likeness (QED) is 0.464. The number of nitrogens with zero attached hydrogens (tertiary/aromatic N) is 1. The maximum absolute atomic E-state index is 14.7. The van der Waals surface area contributed by atoms with Gasteiger partial charge >= 0.3 is 0 Å². The fraction of sp³-hybridized carbons (Fsp3) is 0.269. The molecular weight excluding hydrogens is 469 g/mol. The van der Waals surface area contributed by atoms with Gasteiger partial charge in [-0.15, -0.1) is 4.83 Å². The number of sulfonamides is 1. The normalized spacial score (nSPS) is 16.3. The molecule has 0 radical (unpaired) electrons. The van der Waals surface area contributed by atoms with Gasteiger partial charge in [0.15, 0.2) is 0 Å². The Labute approximate surface area is 204 Å². The van der Waals surface area contributed by atoms with Crippen LogP contribution in [0.4, 0.5) is 4.39 Å². The van der Waals surface area contributed by atoms with Gasteiger partial charge in [-0.05, 0) is 66.4 Å². The van der Waals surface area contributed by atoms with Crippen LogP contribution >= 0.6 is 0 Å². The molecule has 0 spiro atoms. The van der Waals surface area contributed by atoms with E-state index in [-0.39, 0.29) is 5.56 Å². The van der Waals surface area contributed by atoms with Crippen LogP contribution in [0.15, 0.2) is 66.7 Å². The Kier molecular flexibility index (Phi) is 7.49. The Balaban J connectivity index is 1.40. The number of hydrogen-bond acceptors (Lipinski definition) is 5. The van der Waals surface area contributed by atoms with Gasteiger partial charge < -0.3 is 4.74 Å². The van der Waals surface area contributed by atoms with E-state index in [1.54, 1.807) is 20.1 Å². The molecule has 9 heteroatoms. The molecule has 1 fully saturated rings. The lowest BCUT2D eigenvalue weighted by molar-refractivity contribution is 0.0940. The highest BCUT2D eigenvalue weighted by atomic mass is 32.2. The standard InChI is InChI=1S/C26H28FN3O4S/c1-18-13-21(20-8-4-3-5-9-20)15-24(25(18)27)26(31)28-29-35(32,33)23-11-12-30(17-23)16-19-7-6-10-22(14-19)34-2/h3-10,13-15,23,29H,11-12,16-17H2,1-2H3,(H,28,31). The van der Waals surface area contributed by atoms with Gasteiger partial charge in [0.1, 0.15) is 11.6 Å². The number of amides is 1. The molecule has 3 aromatic rings. The van der Waals surface area contributed by atoms with Gasteiger partial charge in [-0.2, -0.15) is 0 Å². The molecule has 1 atom stereocenters. The molecule has 3 aromatic carbocycles. The molecule has 4 rings (SSSR count). The van der Waals surface area contributed by atoms with Crippen molar-refractivity contribution < 1.29 is 22.3 Å². The van der Waals surface area contributed by atoms with Gasteiger partial charge in [0.25, 0.3) is 5.91 Å². The Bertz CT molecular complexity index is 1320. The molecule has 0 saturated carbocycles. The number of likely N-dealkylation sites (tertiary alicyclic amines) is 1. The summed E-state index contributed by atoms with van der Waals surface area (Å²) in [5.41, 5.74) is 4.78. The predicted octanol–water partition coefficient (Wildman–Crippen LogP) is 3.65. The second-order valence-electron chi connectivity index (χ2n) is 8.62. The third kappa shape index (κ3) is 5.87. The zero-order valence-corrected chi connectivity index (χ0v) is 20.4. The number of aryl methyl sites for hydroxylation is 1. The molecule has 1 aliphatic heterocycles. The Morgan fingerprint density at radius 2 is 1.86 bits per heavy atom. The average molecular weight is 498 g/mol. The molecule has 35 heavy (non-hydrogen) atoms. The maximum atomic E-state index is 14.7. The van der Waals surface area contributed by atoms with Crippen molar-refractivity contribution in [2.75, 3.05) is 20.2 Å². The lowest BCUT2D eigenvalue weighted by Crippen LogP contribution is -2.46. The number of ether oxygens (including phenoxy) is 1. The highest BCUT2D eigenvalue weighted by Gasteiger charge is 2.33. The van der Waals surface area contributed by atoms with Crippen LogP contribution in [0.1, 0.15) is 27.9 Å². The molecule has 1 unspecified atom stereocenters. The molecule has 184 valence electrons. The van der Waals surface area contributed by atoms with Crippen molar-refractivity contribution in [1.82, 2.24) is 15.2 Å². The second-order valence-corrected chi connectivity index (χ2v) is 10.6. The Hall–Kier alpha value is -3.27. The Morgan fingerprint density at radius 3 is 2.60 bits per heavy atom. The minimum Gasteiger partial charge on any atom is -0.497 e. The minimum atomic E-state index is -3.86. The third-order valence-corrected chi connectivity index (χ3v) is 7.77. The van der Waals surface area contributed by atoms with E-state index >= 15 is 0 Å². The summed E-state index contributed by atoms with van der Waals surface area (Å²) in [6.07, 6.45) is 0.423. The van der Waals surface area contributed by atoms with Crippen LogP contribution in [0.2, 0.25) is 0 Å². The highest BCUT2D eigenvalue weighted by molar-refractivity contribution is 7.90. The molecule has 1 saturated heterocycles. The summed E-state index contributed by atoms with van der Waals surface area (Å²) in [6.45, 7) is 3.08. The minimum absolute atomic E-state index is 0.224. The molecule has 1 amide bonds. The largest absolute Gasteiger partial charge is 0.497 e. The van der Waals surface area contributed by atoms with Gasteiger partial charge in [0, 0.05) is 13.1 Å². The van der Waals surface area contributed by atoms with Crippen LogP contribution in [0.25, 0.3) is 11.1 Å². The van der Waals surface area contributed by atoms with Crippen molar-refractivity contribution in [2.24, 2.45) is 0 Å². The lowest BCUT2D eigenvalue weighted by atomic mass is 9.99. The van der Waals surface area contributed by atoms with E-state index in [0.29, 0.717) is 37.2 Å². The first-order valence-corrected chi connectivity index (χ1v) is 12.8. The molecule has 0 bridgehead atoms. The van der Waals surface area contributed by atoms with E-state index in [1.165, 1.54) is 6.07 Å². The number of carbonyl (C=O) groups excluding carboxylic acids is 1. The van der Waals surface area contributed by atoms with E-state index in [1.807, 2.05) is 59.5 Å². The van der Waals surface area contributed by atoms with Crippen molar-refractivity contribution in [3.05, 3.63) is 89.2 Å². The molecule has 1 heterocycles. The lowest BCUT2D eigenvalue weighted by Gasteiger charge is -2.17. The van der Waals surface area contributed by atoms with Crippen molar-refractivity contribution in [3.63, 3.8) is 0 Å². The number of nitrogens with one attached hydrogen (secondary N) is 2. The summed E-state index contributed by atoms with van der Waals surface area (Å²) < 4.78 is 45.7. The summed E-state index contributed by atoms with van der Waals surface area (Å²) in [6, 6.07) is 20.0. The predicted molar refractivity (Wildman–Crippen MR) is 133 cm³/mol. The number of carbonyl (C=O) groups is 1. The van der Waals surface area contributed by atoms with E-state index in [2.05, 4.69) is 10.3 Å². The summed E-state index contributed by atoms with van der Waals surface area (Å²) in [5.74, 6) is -0.793. The van der Waals surface area contributed by atoms with Gasteiger partial charge in [0.05, 0.1) is 17.9 Å². The molecule has 1 aliphatic rings. The van der Waals surface area contributed by atoms with E-state index in [0.717, 1.165) is 16.9 Å². The zero-order chi connectivity index (χ0) is 25.0. The summed E-state index contributed by atoms with van der Waals surface area (Å²) >= 11 is 0. The first-order valence-electron chi connectivity index (χ1n) is 11.3. The monoisotopic (exact) mass is 497 g/mol. The van der Waals surface area contributed by atoms with E-state index in [4.69, 9.17) is 4.74 Å². The topological polar surface area (TPSA) is 87.7 Å². The van der Waals surface area contributed by atoms with Crippen molar-refractivity contribution in [1.29, 1.82) is 0 Å². The molecular formula is C26H28FN3O4S. The van der Waals surface area contributed by atoms with Crippen molar-refractivity contribution in [3.8, 4) is 16.9 Å². The van der Waals surface area contributed by atoms with Crippen molar-refractivity contribution >= 4 is 15.9 Å². The second kappa shape index (κ2) is 10.6. The highest BCUT2D eigenvalue weighted by Crippen LogP contribution is 2.25. The van der Waals surface area contributed by atoms with Crippen LogP contribution in [0, 0.1) is 12.7 Å². The van der Waals surface area contributed by atoms with Crippen molar-refractivity contribution in [2.45, 2.75) is 25.1 Å². The summed E-state index contributed by atoms with van der Waals surface area (Å²) in [4.78, 5) is 16.9. The van der Waals surface area contributed by atoms with E-state index in [9.17, 15) is 17.6 Å². The molecule has 2 N–H and O–H groups in total. The summed E-state index contributed by atoms with van der Waals surface area (Å²) in [5, 5.41) is -0.698. The van der Waals surface area contributed by atoms with Gasteiger partial charge in [-0.1, -0.05) is 42.5 Å². The maximum Gasteiger partial charge on any atom is 0.269 e. The van der Waals surface area contributed by atoms with Crippen LogP contribution in [0.5, 0.6) is 5.75 Å². The fourth-order valence-electron chi connectivity index (χ4n) is 4.22. The number of halogens is 1. The zero-order valence-electron chi connectivity index (χ0n) is 19.6. The fourth-order valence-corrected chi connectivity index (χ4v) is 5.45. The van der Waals surface area contributed by atoms with Gasteiger partial charge in [-0.3, -0.25) is 15.1 Å². The number of benzene rings is 3. The molecule has 0 aliphatic carbocycles. The van der Waals surface area contributed by atoms with Crippen LogP contribution < -0.4 is 15.0 Å². The molecule has 0 aromatic heterocycles. The average Bonchev–Trinajstić information content (AvgIpc) is 3.34. The Morgan fingerprint density at radius 1 is 1.09 bits per heavy atom. The third-order valence-electron chi connectivity index (χ3n) is 6.12. The smallest absolute Gasteiger partial charge is 0.269 e. The first kappa shape index (κ1) is 24.8. The van der Waals surface area contributed by atoms with Gasteiger partial charge in [-0.25, -0.2) is 12.8 Å². The number of rotatable bonds is 8. The number of hydrogen-bond donors (Lipinski definition) is 2. The van der Waals surface area contributed by atoms with Gasteiger partial charge in [0.2, 0.25) is 10.0 Å².